The Morgan fingerprint density at radius 1 is 1.48 bits per heavy atom. The molecule has 1 fully saturated rings. The minimum absolute atomic E-state index is 0.0392. The summed E-state index contributed by atoms with van der Waals surface area (Å²) < 4.78 is 6.30. The second kappa shape index (κ2) is 8.18. The van der Waals surface area contributed by atoms with Gasteiger partial charge in [0.25, 0.3) is 5.91 Å². The highest BCUT2D eigenvalue weighted by molar-refractivity contribution is 9.10. The lowest BCUT2D eigenvalue weighted by Gasteiger charge is -2.11. The van der Waals surface area contributed by atoms with Gasteiger partial charge in [-0.25, -0.2) is 0 Å². The molecule has 0 saturated carbocycles. The average molecular weight is 394 g/mol. The van der Waals surface area contributed by atoms with Crippen molar-refractivity contribution in [3.8, 4) is 11.8 Å². The van der Waals surface area contributed by atoms with Crippen LogP contribution in [-0.4, -0.2) is 35.7 Å². The molecule has 1 amide bonds. The number of nitriles is 1. The molecule has 0 unspecified atom stereocenters. The van der Waals surface area contributed by atoms with Gasteiger partial charge in [-0.05, 0) is 49.9 Å². The lowest BCUT2D eigenvalue weighted by atomic mass is 10.2. The second-order valence-electron chi connectivity index (χ2n) is 4.55. The van der Waals surface area contributed by atoms with Crippen molar-refractivity contribution in [2.45, 2.75) is 13.8 Å². The summed E-state index contributed by atoms with van der Waals surface area (Å²) in [4.78, 5) is 19.1. The first kappa shape index (κ1) is 17.6. The van der Waals surface area contributed by atoms with E-state index in [0.29, 0.717) is 23.7 Å². The minimum Gasteiger partial charge on any atom is -0.478 e. The lowest BCUT2D eigenvalue weighted by molar-refractivity contribution is -0.122. The molecule has 0 aromatic heterocycles. The number of amides is 1. The van der Waals surface area contributed by atoms with Gasteiger partial charge in [-0.15, -0.1) is 0 Å². The summed E-state index contributed by atoms with van der Waals surface area (Å²) >= 11 is 4.78. The lowest BCUT2D eigenvalue weighted by Crippen LogP contribution is -2.28. The summed E-state index contributed by atoms with van der Waals surface area (Å²) in [5, 5.41) is 9.40. The van der Waals surface area contributed by atoms with Gasteiger partial charge in [0.15, 0.2) is 11.8 Å². The highest BCUT2D eigenvalue weighted by Crippen LogP contribution is 2.34. The van der Waals surface area contributed by atoms with Crippen LogP contribution in [0.15, 0.2) is 32.6 Å². The van der Waals surface area contributed by atoms with Crippen LogP contribution in [0.25, 0.3) is 6.08 Å². The summed E-state index contributed by atoms with van der Waals surface area (Å²) in [5.74, 6) is 0.510. The van der Waals surface area contributed by atoms with Gasteiger partial charge in [0.05, 0.1) is 4.91 Å². The first-order valence-corrected chi connectivity index (χ1v) is 8.76. The predicted octanol–water partition coefficient (Wildman–Crippen LogP) is 3.66. The Kier molecular flexibility index (Phi) is 6.25. The Hall–Kier alpha value is -1.78. The van der Waals surface area contributed by atoms with E-state index in [-0.39, 0.29) is 12.5 Å². The second-order valence-corrected chi connectivity index (χ2v) is 6.47. The monoisotopic (exact) mass is 393 g/mol. The maximum Gasteiger partial charge on any atom is 0.266 e. The number of ether oxygens (including phenoxy) is 1. The van der Waals surface area contributed by atoms with Crippen molar-refractivity contribution in [3.63, 3.8) is 0 Å². The minimum atomic E-state index is -0.0593. The van der Waals surface area contributed by atoms with Gasteiger partial charge in [0.1, 0.15) is 11.8 Å². The van der Waals surface area contributed by atoms with E-state index in [0.717, 1.165) is 15.2 Å². The Morgan fingerprint density at radius 2 is 2.26 bits per heavy atom. The SMILES string of the molecule is CCN=C1S/C(=C/c2cc(Br)ccc2OCC#N)C(=O)N1CC. The van der Waals surface area contributed by atoms with Gasteiger partial charge < -0.3 is 4.74 Å². The highest BCUT2D eigenvalue weighted by atomic mass is 79.9. The third-order valence-electron chi connectivity index (χ3n) is 3.05. The van der Waals surface area contributed by atoms with Crippen LogP contribution in [0, 0.1) is 11.3 Å². The van der Waals surface area contributed by atoms with Crippen LogP contribution in [0.5, 0.6) is 5.75 Å². The number of hydrogen-bond acceptors (Lipinski definition) is 5. The molecule has 1 aliphatic rings. The number of rotatable bonds is 5. The Morgan fingerprint density at radius 3 is 2.91 bits per heavy atom. The van der Waals surface area contributed by atoms with Gasteiger partial charge in [0.2, 0.25) is 0 Å². The van der Waals surface area contributed by atoms with Gasteiger partial charge in [0, 0.05) is 23.1 Å². The van der Waals surface area contributed by atoms with E-state index in [1.165, 1.54) is 11.8 Å². The van der Waals surface area contributed by atoms with E-state index in [1.54, 1.807) is 17.0 Å². The quantitative estimate of drug-likeness (QED) is 0.715. The van der Waals surface area contributed by atoms with Crippen molar-refractivity contribution in [2.75, 3.05) is 19.7 Å². The van der Waals surface area contributed by atoms with E-state index in [4.69, 9.17) is 10.00 Å². The molecule has 1 saturated heterocycles. The highest BCUT2D eigenvalue weighted by Gasteiger charge is 2.32. The summed E-state index contributed by atoms with van der Waals surface area (Å²) in [6.07, 6.45) is 1.78. The maximum atomic E-state index is 12.5. The molecule has 1 aromatic rings. The van der Waals surface area contributed by atoms with Crippen LogP contribution in [0.3, 0.4) is 0 Å². The number of likely N-dealkylation sites (N-methyl/N-ethyl adjacent to an activating group) is 1. The van der Waals surface area contributed by atoms with Gasteiger partial charge in [-0.2, -0.15) is 5.26 Å². The molecule has 0 atom stereocenters. The number of thioether (sulfide) groups is 1. The van der Waals surface area contributed by atoms with Crippen molar-refractivity contribution < 1.29 is 9.53 Å². The van der Waals surface area contributed by atoms with Crippen molar-refractivity contribution in [1.82, 2.24) is 4.90 Å². The van der Waals surface area contributed by atoms with Crippen molar-refractivity contribution in [1.29, 1.82) is 5.26 Å². The molecule has 0 spiro atoms. The molecule has 5 nitrogen and oxygen atoms in total. The van der Waals surface area contributed by atoms with Crippen LogP contribution in [-0.2, 0) is 4.79 Å². The smallest absolute Gasteiger partial charge is 0.266 e. The molecule has 2 rings (SSSR count). The third-order valence-corrected chi connectivity index (χ3v) is 4.59. The molecule has 1 aliphatic heterocycles. The van der Waals surface area contributed by atoms with Crippen LogP contribution in [0.1, 0.15) is 19.4 Å². The fraction of sp³-hybridized carbons (Fsp3) is 0.312. The average Bonchev–Trinajstić information content (AvgIpc) is 2.82. The molecule has 23 heavy (non-hydrogen) atoms. The molecular formula is C16H16BrN3O2S. The van der Waals surface area contributed by atoms with Crippen LogP contribution >= 0.6 is 27.7 Å². The summed E-state index contributed by atoms with van der Waals surface area (Å²) in [7, 11) is 0. The summed E-state index contributed by atoms with van der Waals surface area (Å²) in [6.45, 7) is 5.04. The van der Waals surface area contributed by atoms with Crippen molar-refractivity contribution in [2.24, 2.45) is 4.99 Å². The summed E-state index contributed by atoms with van der Waals surface area (Å²) in [6, 6.07) is 7.41. The number of carbonyl (C=O) groups is 1. The van der Waals surface area contributed by atoms with E-state index < -0.39 is 0 Å². The summed E-state index contributed by atoms with van der Waals surface area (Å²) in [5.41, 5.74) is 0.749. The molecule has 7 heteroatoms. The van der Waals surface area contributed by atoms with Crippen LogP contribution in [0.4, 0.5) is 0 Å². The number of benzene rings is 1. The van der Waals surface area contributed by atoms with Crippen LogP contribution < -0.4 is 4.74 Å². The number of hydrogen-bond donors (Lipinski definition) is 0. The molecule has 0 bridgehead atoms. The molecule has 120 valence electrons. The molecular weight excluding hydrogens is 378 g/mol. The fourth-order valence-corrected chi connectivity index (χ4v) is 3.53. The van der Waals surface area contributed by atoms with Gasteiger partial charge >= 0.3 is 0 Å². The zero-order chi connectivity index (χ0) is 16.8. The molecule has 1 aromatic carbocycles. The first-order chi connectivity index (χ1) is 11.1. The number of nitrogens with zero attached hydrogens (tertiary/aromatic N) is 3. The van der Waals surface area contributed by atoms with E-state index in [9.17, 15) is 4.79 Å². The number of halogens is 1. The van der Waals surface area contributed by atoms with Gasteiger partial charge in [-0.1, -0.05) is 15.9 Å². The topological polar surface area (TPSA) is 65.7 Å². The third kappa shape index (κ3) is 4.15. The standard InChI is InChI=1S/C16H16BrN3O2S/c1-3-19-16-20(4-2)15(21)14(23-16)10-11-9-12(17)5-6-13(11)22-8-7-18/h5-6,9-10H,3-4,8H2,1-2H3/b14-10+,19-16?. The fourth-order valence-electron chi connectivity index (χ4n) is 2.05. The molecule has 0 N–H and O–H groups in total. The Bertz CT molecular complexity index is 710. The van der Waals surface area contributed by atoms with E-state index >= 15 is 0 Å². The van der Waals surface area contributed by atoms with E-state index in [2.05, 4.69) is 20.9 Å². The molecule has 1 heterocycles. The zero-order valence-corrected chi connectivity index (χ0v) is 15.3. The molecule has 0 aliphatic carbocycles. The van der Waals surface area contributed by atoms with Crippen molar-refractivity contribution >= 4 is 44.8 Å². The molecule has 0 radical (unpaired) electrons. The zero-order valence-electron chi connectivity index (χ0n) is 12.9. The Balaban J connectivity index is 2.38. The number of aliphatic imine (C=N–C) groups is 1. The number of amidine groups is 1. The predicted molar refractivity (Wildman–Crippen MR) is 96.2 cm³/mol. The van der Waals surface area contributed by atoms with Crippen molar-refractivity contribution in [3.05, 3.63) is 33.1 Å². The largest absolute Gasteiger partial charge is 0.478 e. The first-order valence-electron chi connectivity index (χ1n) is 7.15. The Labute approximate surface area is 148 Å². The normalized spacial score (nSPS) is 17.8. The number of carbonyl (C=O) groups excluding carboxylic acids is 1. The van der Waals surface area contributed by atoms with Crippen LogP contribution in [0.2, 0.25) is 0 Å². The van der Waals surface area contributed by atoms with E-state index in [1.807, 2.05) is 32.0 Å². The van der Waals surface area contributed by atoms with Gasteiger partial charge in [-0.3, -0.25) is 14.7 Å². The maximum absolute atomic E-state index is 12.5.